The Morgan fingerprint density at radius 2 is 2.21 bits per heavy atom. The molecular weight excluding hydrogens is 176 g/mol. The van der Waals surface area contributed by atoms with Crippen LogP contribution in [0.3, 0.4) is 0 Å². The van der Waals surface area contributed by atoms with Gasteiger partial charge < -0.3 is 5.32 Å². The average Bonchev–Trinajstić information content (AvgIpc) is 2.72. The molecule has 0 aromatic carbocycles. The Labute approximate surface area is 83.5 Å². The molecule has 1 aromatic heterocycles. The Hall–Kier alpha value is -1.38. The molecule has 1 N–H and O–H groups in total. The van der Waals surface area contributed by atoms with Crippen molar-refractivity contribution >= 4 is 5.91 Å². The van der Waals surface area contributed by atoms with E-state index in [0.29, 0.717) is 11.6 Å². The minimum absolute atomic E-state index is 0.00463. The Kier molecular flexibility index (Phi) is 2.77. The van der Waals surface area contributed by atoms with E-state index in [2.05, 4.69) is 10.3 Å². The highest BCUT2D eigenvalue weighted by atomic mass is 16.1. The topological polar surface area (TPSA) is 42.0 Å². The standard InChI is InChI=1S/C11H14N2O/c14-11(9-4-3-7-12-8-9)13-10-5-1-2-6-10/h3-4,7-8,10H,1-2,5-6H2,(H,13,14). The summed E-state index contributed by atoms with van der Waals surface area (Å²) in [6.07, 6.45) is 7.98. The van der Waals surface area contributed by atoms with E-state index >= 15 is 0 Å². The lowest BCUT2D eigenvalue weighted by molar-refractivity contribution is 0.0937. The van der Waals surface area contributed by atoms with Crippen molar-refractivity contribution in [2.24, 2.45) is 0 Å². The molecule has 1 aromatic rings. The first-order chi connectivity index (χ1) is 6.86. The number of carbonyl (C=O) groups is 1. The van der Waals surface area contributed by atoms with Crippen LogP contribution in [0.15, 0.2) is 24.5 Å². The van der Waals surface area contributed by atoms with Crippen molar-refractivity contribution in [2.45, 2.75) is 31.7 Å². The second-order valence-electron chi connectivity index (χ2n) is 3.70. The molecule has 1 fully saturated rings. The van der Waals surface area contributed by atoms with Gasteiger partial charge in [0.2, 0.25) is 0 Å². The summed E-state index contributed by atoms with van der Waals surface area (Å²) in [5.41, 5.74) is 0.652. The summed E-state index contributed by atoms with van der Waals surface area (Å²) in [4.78, 5) is 15.6. The van der Waals surface area contributed by atoms with Gasteiger partial charge in [-0.2, -0.15) is 0 Å². The quantitative estimate of drug-likeness (QED) is 0.772. The molecule has 1 amide bonds. The van der Waals surface area contributed by atoms with Crippen LogP contribution in [0.2, 0.25) is 0 Å². The first-order valence-electron chi connectivity index (χ1n) is 5.07. The van der Waals surface area contributed by atoms with Gasteiger partial charge in [-0.05, 0) is 25.0 Å². The van der Waals surface area contributed by atoms with Gasteiger partial charge in [0.25, 0.3) is 5.91 Å². The minimum Gasteiger partial charge on any atom is -0.349 e. The van der Waals surface area contributed by atoms with E-state index in [0.717, 1.165) is 12.8 Å². The second kappa shape index (κ2) is 4.22. The number of pyridine rings is 1. The average molecular weight is 190 g/mol. The first kappa shape index (κ1) is 9.19. The highest BCUT2D eigenvalue weighted by molar-refractivity contribution is 5.93. The SMILES string of the molecule is O=C(NC1CCCC1)c1cccnc1. The van der Waals surface area contributed by atoms with E-state index in [4.69, 9.17) is 0 Å². The molecule has 1 aliphatic carbocycles. The predicted molar refractivity (Wildman–Crippen MR) is 54.0 cm³/mol. The number of carbonyl (C=O) groups excluding carboxylic acids is 1. The fourth-order valence-electron chi connectivity index (χ4n) is 1.84. The van der Waals surface area contributed by atoms with Crippen LogP contribution in [-0.4, -0.2) is 16.9 Å². The zero-order valence-corrected chi connectivity index (χ0v) is 8.07. The molecule has 3 heteroatoms. The molecule has 0 saturated heterocycles. The smallest absolute Gasteiger partial charge is 0.253 e. The van der Waals surface area contributed by atoms with Crippen LogP contribution in [0.5, 0.6) is 0 Å². The van der Waals surface area contributed by atoms with Gasteiger partial charge in [0, 0.05) is 18.4 Å². The van der Waals surface area contributed by atoms with Crippen LogP contribution in [0.25, 0.3) is 0 Å². The Bertz CT molecular complexity index is 304. The van der Waals surface area contributed by atoms with E-state index in [1.807, 2.05) is 0 Å². The molecular formula is C11H14N2O. The van der Waals surface area contributed by atoms with Gasteiger partial charge in [0.1, 0.15) is 0 Å². The summed E-state index contributed by atoms with van der Waals surface area (Å²) in [6.45, 7) is 0. The number of amides is 1. The monoisotopic (exact) mass is 190 g/mol. The molecule has 0 unspecified atom stereocenters. The van der Waals surface area contributed by atoms with E-state index < -0.39 is 0 Å². The summed E-state index contributed by atoms with van der Waals surface area (Å²) in [6, 6.07) is 3.95. The molecule has 3 nitrogen and oxygen atoms in total. The van der Waals surface area contributed by atoms with Crippen molar-refractivity contribution in [2.75, 3.05) is 0 Å². The van der Waals surface area contributed by atoms with Gasteiger partial charge in [-0.25, -0.2) is 0 Å². The molecule has 0 atom stereocenters. The van der Waals surface area contributed by atoms with Crippen molar-refractivity contribution in [3.8, 4) is 0 Å². The van der Waals surface area contributed by atoms with Crippen molar-refractivity contribution < 1.29 is 4.79 Å². The zero-order valence-electron chi connectivity index (χ0n) is 8.07. The number of hydrogen-bond donors (Lipinski definition) is 1. The Morgan fingerprint density at radius 1 is 1.43 bits per heavy atom. The normalized spacial score (nSPS) is 16.9. The van der Waals surface area contributed by atoms with Crippen LogP contribution in [0.4, 0.5) is 0 Å². The van der Waals surface area contributed by atoms with Crippen LogP contribution in [-0.2, 0) is 0 Å². The molecule has 1 heterocycles. The molecule has 1 saturated carbocycles. The maximum absolute atomic E-state index is 11.6. The summed E-state index contributed by atoms with van der Waals surface area (Å²) in [5, 5.41) is 3.02. The summed E-state index contributed by atoms with van der Waals surface area (Å²) in [5.74, 6) is 0.00463. The van der Waals surface area contributed by atoms with E-state index in [1.165, 1.54) is 12.8 Å². The van der Waals surface area contributed by atoms with E-state index in [1.54, 1.807) is 24.5 Å². The van der Waals surface area contributed by atoms with Gasteiger partial charge in [-0.15, -0.1) is 0 Å². The van der Waals surface area contributed by atoms with Crippen LogP contribution in [0.1, 0.15) is 36.0 Å². The van der Waals surface area contributed by atoms with E-state index in [-0.39, 0.29) is 5.91 Å². The number of nitrogens with zero attached hydrogens (tertiary/aromatic N) is 1. The van der Waals surface area contributed by atoms with Crippen LogP contribution >= 0.6 is 0 Å². The minimum atomic E-state index is 0.00463. The lowest BCUT2D eigenvalue weighted by Crippen LogP contribution is -2.32. The molecule has 2 rings (SSSR count). The van der Waals surface area contributed by atoms with Crippen molar-refractivity contribution in [1.82, 2.24) is 10.3 Å². The van der Waals surface area contributed by atoms with Crippen molar-refractivity contribution in [3.63, 3.8) is 0 Å². The molecule has 0 bridgehead atoms. The predicted octanol–water partition coefficient (Wildman–Crippen LogP) is 1.75. The van der Waals surface area contributed by atoms with Crippen LogP contribution in [0, 0.1) is 0 Å². The lowest BCUT2D eigenvalue weighted by atomic mass is 10.2. The maximum Gasteiger partial charge on any atom is 0.253 e. The Balaban J connectivity index is 1.95. The summed E-state index contributed by atoms with van der Waals surface area (Å²) >= 11 is 0. The highest BCUT2D eigenvalue weighted by Crippen LogP contribution is 2.17. The number of rotatable bonds is 2. The molecule has 0 aliphatic heterocycles. The van der Waals surface area contributed by atoms with Gasteiger partial charge in [-0.3, -0.25) is 9.78 Å². The van der Waals surface area contributed by atoms with Gasteiger partial charge in [-0.1, -0.05) is 12.8 Å². The highest BCUT2D eigenvalue weighted by Gasteiger charge is 2.17. The lowest BCUT2D eigenvalue weighted by Gasteiger charge is -2.11. The van der Waals surface area contributed by atoms with Crippen molar-refractivity contribution in [3.05, 3.63) is 30.1 Å². The fraction of sp³-hybridized carbons (Fsp3) is 0.455. The van der Waals surface area contributed by atoms with Gasteiger partial charge >= 0.3 is 0 Å². The molecule has 14 heavy (non-hydrogen) atoms. The van der Waals surface area contributed by atoms with Gasteiger partial charge in [0.05, 0.1) is 5.56 Å². The summed E-state index contributed by atoms with van der Waals surface area (Å²) in [7, 11) is 0. The number of aromatic nitrogens is 1. The third-order valence-electron chi connectivity index (χ3n) is 2.61. The largest absolute Gasteiger partial charge is 0.349 e. The Morgan fingerprint density at radius 3 is 2.86 bits per heavy atom. The molecule has 0 spiro atoms. The number of hydrogen-bond acceptors (Lipinski definition) is 2. The maximum atomic E-state index is 11.6. The van der Waals surface area contributed by atoms with E-state index in [9.17, 15) is 4.79 Å². The van der Waals surface area contributed by atoms with Gasteiger partial charge in [0.15, 0.2) is 0 Å². The third kappa shape index (κ3) is 2.10. The van der Waals surface area contributed by atoms with Crippen molar-refractivity contribution in [1.29, 1.82) is 0 Å². The fourth-order valence-corrected chi connectivity index (χ4v) is 1.84. The molecule has 74 valence electrons. The molecule has 1 aliphatic rings. The third-order valence-corrected chi connectivity index (χ3v) is 2.61. The second-order valence-corrected chi connectivity index (χ2v) is 3.70. The number of nitrogens with one attached hydrogen (secondary N) is 1. The first-order valence-corrected chi connectivity index (χ1v) is 5.07. The molecule has 0 radical (unpaired) electrons. The zero-order chi connectivity index (χ0) is 9.80. The summed E-state index contributed by atoms with van der Waals surface area (Å²) < 4.78 is 0. The van der Waals surface area contributed by atoms with Crippen LogP contribution < -0.4 is 5.32 Å².